The molecule has 0 aromatic heterocycles. The van der Waals surface area contributed by atoms with Gasteiger partial charge in [-0.25, -0.2) is 0 Å². The number of aliphatic hydroxyl groups is 1. The summed E-state index contributed by atoms with van der Waals surface area (Å²) in [6.07, 6.45) is 0. The standard InChI is InChI=1S/C11H12BrF3O2S/c1-7-4-9(12)5-8(6-16)10(7)17-2-3-18-11(13,14)15/h4-5,16H,2-3,6H2,1H3. The molecule has 1 aromatic rings. The van der Waals surface area contributed by atoms with Gasteiger partial charge in [0, 0.05) is 15.8 Å². The van der Waals surface area contributed by atoms with Crippen molar-refractivity contribution < 1.29 is 23.0 Å². The van der Waals surface area contributed by atoms with E-state index in [1.807, 2.05) is 0 Å². The number of ether oxygens (including phenoxy) is 1. The Kier molecular flexibility index (Phi) is 5.81. The lowest BCUT2D eigenvalue weighted by molar-refractivity contribution is -0.0329. The number of thioether (sulfide) groups is 1. The third-order valence-corrected chi connectivity index (χ3v) is 3.24. The molecule has 1 rings (SSSR count). The fraction of sp³-hybridized carbons (Fsp3) is 0.455. The molecule has 0 amide bonds. The van der Waals surface area contributed by atoms with Gasteiger partial charge in [0.2, 0.25) is 0 Å². The molecular weight excluding hydrogens is 333 g/mol. The maximum atomic E-state index is 11.9. The summed E-state index contributed by atoms with van der Waals surface area (Å²) in [4.78, 5) is 0. The molecule has 0 aliphatic rings. The first-order chi connectivity index (χ1) is 8.33. The van der Waals surface area contributed by atoms with Crippen LogP contribution in [-0.4, -0.2) is 23.0 Å². The number of alkyl halides is 3. The zero-order valence-electron chi connectivity index (χ0n) is 9.55. The maximum absolute atomic E-state index is 11.9. The Morgan fingerprint density at radius 2 is 2.06 bits per heavy atom. The second-order valence-electron chi connectivity index (χ2n) is 3.51. The van der Waals surface area contributed by atoms with E-state index in [1.165, 1.54) is 0 Å². The van der Waals surface area contributed by atoms with E-state index in [4.69, 9.17) is 9.84 Å². The van der Waals surface area contributed by atoms with E-state index in [0.29, 0.717) is 11.3 Å². The van der Waals surface area contributed by atoms with Crippen LogP contribution in [0.5, 0.6) is 5.75 Å². The van der Waals surface area contributed by atoms with Crippen molar-refractivity contribution >= 4 is 27.7 Å². The van der Waals surface area contributed by atoms with E-state index >= 15 is 0 Å². The van der Waals surface area contributed by atoms with E-state index in [1.54, 1.807) is 19.1 Å². The molecule has 0 spiro atoms. The molecule has 0 saturated carbocycles. The van der Waals surface area contributed by atoms with Gasteiger partial charge in [-0.3, -0.25) is 0 Å². The predicted molar refractivity (Wildman–Crippen MR) is 68.8 cm³/mol. The zero-order chi connectivity index (χ0) is 13.8. The Balaban J connectivity index is 2.62. The van der Waals surface area contributed by atoms with E-state index in [2.05, 4.69) is 15.9 Å². The fourth-order valence-corrected chi connectivity index (χ4v) is 2.44. The van der Waals surface area contributed by atoms with E-state index in [-0.39, 0.29) is 30.7 Å². The Labute approximate surface area is 116 Å². The smallest absolute Gasteiger partial charge is 0.441 e. The predicted octanol–water partition coefficient (Wildman–Crippen LogP) is 3.88. The molecule has 0 radical (unpaired) electrons. The molecule has 102 valence electrons. The van der Waals surface area contributed by atoms with Crippen LogP contribution in [0.15, 0.2) is 16.6 Å². The number of hydrogen-bond donors (Lipinski definition) is 1. The summed E-state index contributed by atoms with van der Waals surface area (Å²) in [5.74, 6) is 0.271. The first-order valence-corrected chi connectivity index (χ1v) is 6.84. The Morgan fingerprint density at radius 1 is 1.39 bits per heavy atom. The molecular formula is C11H12BrF3O2S. The number of hydrogen-bond acceptors (Lipinski definition) is 3. The van der Waals surface area contributed by atoms with Crippen molar-refractivity contribution in [1.82, 2.24) is 0 Å². The van der Waals surface area contributed by atoms with Crippen molar-refractivity contribution in [3.8, 4) is 5.75 Å². The molecule has 1 N–H and O–H groups in total. The first kappa shape index (κ1) is 15.7. The van der Waals surface area contributed by atoms with Gasteiger partial charge >= 0.3 is 5.51 Å². The van der Waals surface area contributed by atoms with Crippen LogP contribution in [0.4, 0.5) is 13.2 Å². The molecule has 0 unspecified atom stereocenters. The highest BCUT2D eigenvalue weighted by atomic mass is 79.9. The average molecular weight is 345 g/mol. The molecule has 0 heterocycles. The van der Waals surface area contributed by atoms with Crippen LogP contribution in [0.1, 0.15) is 11.1 Å². The second kappa shape index (κ2) is 6.68. The Hall–Kier alpha value is -0.400. The van der Waals surface area contributed by atoms with Gasteiger partial charge in [-0.2, -0.15) is 13.2 Å². The summed E-state index contributed by atoms with van der Waals surface area (Å²) in [7, 11) is 0. The Morgan fingerprint density at radius 3 is 2.61 bits per heavy atom. The second-order valence-corrected chi connectivity index (χ2v) is 5.59. The van der Waals surface area contributed by atoms with Crippen LogP contribution in [0.25, 0.3) is 0 Å². The van der Waals surface area contributed by atoms with Gasteiger partial charge in [0.15, 0.2) is 0 Å². The fourth-order valence-electron chi connectivity index (χ4n) is 1.42. The molecule has 1 aromatic carbocycles. The maximum Gasteiger partial charge on any atom is 0.441 e. The average Bonchev–Trinajstić information content (AvgIpc) is 2.24. The van der Waals surface area contributed by atoms with E-state index in [9.17, 15) is 13.2 Å². The zero-order valence-corrected chi connectivity index (χ0v) is 12.0. The van der Waals surface area contributed by atoms with Gasteiger partial charge in [-0.05, 0) is 36.4 Å². The van der Waals surface area contributed by atoms with Crippen LogP contribution in [-0.2, 0) is 6.61 Å². The minimum absolute atomic E-state index is 0.0559. The van der Waals surface area contributed by atoms with Crippen molar-refractivity contribution in [3.05, 3.63) is 27.7 Å². The Bertz CT molecular complexity index is 410. The molecule has 2 nitrogen and oxygen atoms in total. The normalized spacial score (nSPS) is 11.7. The van der Waals surface area contributed by atoms with Crippen molar-refractivity contribution in [1.29, 1.82) is 0 Å². The van der Waals surface area contributed by atoms with Crippen molar-refractivity contribution in [2.45, 2.75) is 19.0 Å². The van der Waals surface area contributed by atoms with Crippen LogP contribution < -0.4 is 4.74 Å². The SMILES string of the molecule is Cc1cc(Br)cc(CO)c1OCCSC(F)(F)F. The van der Waals surface area contributed by atoms with Crippen LogP contribution in [0.3, 0.4) is 0 Å². The third-order valence-electron chi connectivity index (χ3n) is 2.08. The molecule has 0 saturated heterocycles. The lowest BCUT2D eigenvalue weighted by Gasteiger charge is -2.14. The molecule has 7 heteroatoms. The molecule has 0 aliphatic heterocycles. The largest absolute Gasteiger partial charge is 0.492 e. The third kappa shape index (κ3) is 5.07. The van der Waals surface area contributed by atoms with Gasteiger partial charge < -0.3 is 9.84 Å². The lowest BCUT2D eigenvalue weighted by atomic mass is 10.1. The number of rotatable bonds is 5. The van der Waals surface area contributed by atoms with Gasteiger partial charge in [0.1, 0.15) is 5.75 Å². The van der Waals surface area contributed by atoms with Gasteiger partial charge in [0.05, 0.1) is 13.2 Å². The first-order valence-electron chi connectivity index (χ1n) is 5.07. The van der Waals surface area contributed by atoms with Crippen LogP contribution >= 0.6 is 27.7 Å². The summed E-state index contributed by atoms with van der Waals surface area (Å²) in [5.41, 5.74) is -2.91. The highest BCUT2D eigenvalue weighted by Crippen LogP contribution is 2.31. The number of aryl methyl sites for hydroxylation is 1. The monoisotopic (exact) mass is 344 g/mol. The van der Waals surface area contributed by atoms with Crippen molar-refractivity contribution in [2.24, 2.45) is 0 Å². The minimum atomic E-state index is -4.24. The number of halogens is 4. The van der Waals surface area contributed by atoms with Crippen LogP contribution in [0, 0.1) is 6.92 Å². The number of benzene rings is 1. The van der Waals surface area contributed by atoms with Gasteiger partial charge in [0.25, 0.3) is 0 Å². The van der Waals surface area contributed by atoms with Crippen molar-refractivity contribution in [3.63, 3.8) is 0 Å². The van der Waals surface area contributed by atoms with Gasteiger partial charge in [-0.15, -0.1) is 0 Å². The quantitative estimate of drug-likeness (QED) is 0.822. The number of aliphatic hydroxyl groups excluding tert-OH is 1. The highest BCUT2D eigenvalue weighted by Gasteiger charge is 2.27. The summed E-state index contributed by atoms with van der Waals surface area (Å²) < 4.78 is 41.9. The molecule has 0 atom stereocenters. The highest BCUT2D eigenvalue weighted by molar-refractivity contribution is 9.10. The van der Waals surface area contributed by atoms with Crippen LogP contribution in [0.2, 0.25) is 0 Å². The summed E-state index contributed by atoms with van der Waals surface area (Å²) in [6.45, 7) is 1.50. The topological polar surface area (TPSA) is 29.5 Å². The molecule has 0 aliphatic carbocycles. The lowest BCUT2D eigenvalue weighted by Crippen LogP contribution is -2.09. The summed E-state index contributed by atoms with van der Waals surface area (Å²) >= 11 is 3.15. The van der Waals surface area contributed by atoms with Crippen molar-refractivity contribution in [2.75, 3.05) is 12.4 Å². The summed E-state index contributed by atoms with van der Waals surface area (Å²) in [5, 5.41) is 9.17. The molecule has 18 heavy (non-hydrogen) atoms. The van der Waals surface area contributed by atoms with Gasteiger partial charge in [-0.1, -0.05) is 15.9 Å². The molecule has 0 fully saturated rings. The minimum Gasteiger partial charge on any atom is -0.492 e. The van der Waals surface area contributed by atoms with E-state index in [0.717, 1.165) is 10.0 Å². The van der Waals surface area contributed by atoms with E-state index < -0.39 is 5.51 Å². The molecule has 0 bridgehead atoms. The summed E-state index contributed by atoms with van der Waals surface area (Å²) in [6, 6.07) is 3.46.